The third-order valence-electron chi connectivity index (χ3n) is 9.53. The molecule has 0 spiro atoms. The first-order valence-corrected chi connectivity index (χ1v) is 17.1. The lowest BCUT2D eigenvalue weighted by Gasteiger charge is -2.35. The molecule has 0 aromatic heterocycles. The highest BCUT2D eigenvalue weighted by Crippen LogP contribution is 2.38. The number of rotatable bonds is 4. The molecule has 7 rings (SSSR count). The minimum atomic E-state index is 0.0958. The van der Waals surface area contributed by atoms with Gasteiger partial charge in [-0.2, -0.15) is 0 Å². The summed E-state index contributed by atoms with van der Waals surface area (Å²) < 4.78 is 0. The quantitative estimate of drug-likeness (QED) is 0.289. The van der Waals surface area contributed by atoms with Crippen molar-refractivity contribution in [2.24, 2.45) is 16.6 Å². The third kappa shape index (κ3) is 7.45. The van der Waals surface area contributed by atoms with Gasteiger partial charge in [0.2, 0.25) is 0 Å². The molecule has 3 heteroatoms. The number of nitrogens with zero attached hydrogens (tertiary/aromatic N) is 2. The smallest absolute Gasteiger partial charge is 0.0656 e. The largest absolute Gasteiger partial charge is 0.399 e. The molecule has 0 bridgehead atoms. The fraction of sp³-hybridized carbons (Fsp3) is 0.196. The van der Waals surface area contributed by atoms with Crippen molar-refractivity contribution in [3.8, 4) is 0 Å². The van der Waals surface area contributed by atoms with Crippen LogP contribution in [0.15, 0.2) is 150 Å². The van der Waals surface area contributed by atoms with E-state index < -0.39 is 0 Å². The lowest BCUT2D eigenvalue weighted by molar-refractivity contribution is 0.739. The van der Waals surface area contributed by atoms with Crippen LogP contribution in [0.1, 0.15) is 65.6 Å². The molecule has 49 heavy (non-hydrogen) atoms. The summed E-state index contributed by atoms with van der Waals surface area (Å²) in [5, 5.41) is 0. The van der Waals surface area contributed by atoms with Gasteiger partial charge >= 0.3 is 0 Å². The van der Waals surface area contributed by atoms with Crippen LogP contribution in [0.4, 0.5) is 5.69 Å². The van der Waals surface area contributed by atoms with Gasteiger partial charge in [-0.3, -0.25) is 4.99 Å². The lowest BCUT2D eigenvalue weighted by atomic mass is 9.87. The normalized spacial score (nSPS) is 21.1. The molecule has 2 heterocycles. The van der Waals surface area contributed by atoms with Gasteiger partial charge < -0.3 is 10.6 Å². The zero-order valence-electron chi connectivity index (χ0n) is 29.3. The SMILES string of the molecule is C=C1/C=C(N)\C=C/N(C2CC=NC=C2c2cc(C3=CCC(C)C=C3)ccc2C)c2ccccc21.CC1=C(c2cc(C)ccc2C)C=C=C=C1. The van der Waals surface area contributed by atoms with Crippen molar-refractivity contribution in [3.63, 3.8) is 0 Å². The molecule has 244 valence electrons. The van der Waals surface area contributed by atoms with Crippen molar-refractivity contribution >= 4 is 34.2 Å². The number of allylic oxidation sites excluding steroid dienone is 11. The summed E-state index contributed by atoms with van der Waals surface area (Å²) in [5.41, 5.74) is 28.8. The summed E-state index contributed by atoms with van der Waals surface area (Å²) in [6.07, 6.45) is 22.8. The number of para-hydroxylation sites is 1. The Kier molecular flexibility index (Phi) is 9.97. The molecular weight excluding hydrogens is 595 g/mol. The first-order valence-electron chi connectivity index (χ1n) is 17.1. The number of fused-ring (bicyclic) bond motifs is 1. The number of hydrogen-bond acceptors (Lipinski definition) is 3. The van der Waals surface area contributed by atoms with Crippen molar-refractivity contribution in [2.75, 3.05) is 4.90 Å². The zero-order chi connectivity index (χ0) is 34.5. The second-order valence-corrected chi connectivity index (χ2v) is 13.3. The van der Waals surface area contributed by atoms with Crippen molar-refractivity contribution in [2.45, 2.75) is 53.5 Å². The fourth-order valence-electron chi connectivity index (χ4n) is 6.66. The topological polar surface area (TPSA) is 41.6 Å². The Bertz CT molecular complexity index is 2130. The molecular formula is C46H45N3. The van der Waals surface area contributed by atoms with E-state index in [9.17, 15) is 0 Å². The Hall–Kier alpha value is -5.59. The Morgan fingerprint density at radius 1 is 0.857 bits per heavy atom. The summed E-state index contributed by atoms with van der Waals surface area (Å²) in [7, 11) is 0. The molecule has 2 aliphatic heterocycles. The molecule has 2 aliphatic carbocycles. The van der Waals surface area contributed by atoms with Crippen LogP contribution in [-0.4, -0.2) is 12.3 Å². The van der Waals surface area contributed by atoms with Crippen LogP contribution >= 0.6 is 0 Å². The predicted octanol–water partition coefficient (Wildman–Crippen LogP) is 11.0. The first-order chi connectivity index (χ1) is 23.7. The van der Waals surface area contributed by atoms with Gasteiger partial charge in [-0.1, -0.05) is 97.3 Å². The van der Waals surface area contributed by atoms with E-state index in [2.05, 4.69) is 148 Å². The Labute approximate surface area is 292 Å². The van der Waals surface area contributed by atoms with Crippen LogP contribution in [0.5, 0.6) is 0 Å². The van der Waals surface area contributed by atoms with Crippen LogP contribution in [0, 0.1) is 26.7 Å². The summed E-state index contributed by atoms with van der Waals surface area (Å²) in [5.74, 6) is 0.601. The van der Waals surface area contributed by atoms with Gasteiger partial charge in [0.05, 0.1) is 6.04 Å². The Balaban J connectivity index is 0.000000232. The molecule has 0 amide bonds. The number of anilines is 1. The number of benzene rings is 3. The first kappa shape index (κ1) is 33.3. The van der Waals surface area contributed by atoms with Crippen molar-refractivity contribution in [1.82, 2.24) is 0 Å². The van der Waals surface area contributed by atoms with Crippen LogP contribution < -0.4 is 10.6 Å². The Morgan fingerprint density at radius 3 is 2.43 bits per heavy atom. The molecule has 2 atom stereocenters. The minimum Gasteiger partial charge on any atom is -0.399 e. The van der Waals surface area contributed by atoms with E-state index in [0.29, 0.717) is 11.6 Å². The second kappa shape index (κ2) is 14.7. The van der Waals surface area contributed by atoms with E-state index in [-0.39, 0.29) is 6.04 Å². The molecule has 3 nitrogen and oxygen atoms in total. The zero-order valence-corrected chi connectivity index (χ0v) is 29.3. The standard InChI is InChI=1S/C31H31N3.C15H14/c1-21-8-11-24(12-9-21)25-13-10-22(2)28(19-25)29-20-33-16-14-31(29)34-17-15-26(32)18-23(3)27-6-4-5-7-30(27)34;1-11-8-9-13(3)15(10-11)14-7-5-4-6-12(14)2/h4-8,10-13,15-21,31H,3,9,14,32H2,1-2H3;6-10H,1-3H3/b17-15-,26-18+;. The van der Waals surface area contributed by atoms with Gasteiger partial charge in [0.15, 0.2) is 0 Å². The number of aryl methyl sites for hydroxylation is 3. The van der Waals surface area contributed by atoms with Crippen molar-refractivity contribution in [1.29, 1.82) is 0 Å². The van der Waals surface area contributed by atoms with Crippen molar-refractivity contribution in [3.05, 3.63) is 184 Å². The maximum Gasteiger partial charge on any atom is 0.0656 e. The minimum absolute atomic E-state index is 0.0958. The summed E-state index contributed by atoms with van der Waals surface area (Å²) in [6.45, 7) is 15.1. The molecule has 2 unspecified atom stereocenters. The molecule has 3 aromatic rings. The third-order valence-corrected chi connectivity index (χ3v) is 9.53. The monoisotopic (exact) mass is 639 g/mol. The molecule has 0 saturated heterocycles. The van der Waals surface area contributed by atoms with E-state index in [4.69, 9.17) is 5.73 Å². The molecule has 0 saturated carbocycles. The highest BCUT2D eigenvalue weighted by molar-refractivity contribution is 5.89. The fourth-order valence-corrected chi connectivity index (χ4v) is 6.66. The van der Waals surface area contributed by atoms with Gasteiger partial charge in [0, 0.05) is 47.6 Å². The van der Waals surface area contributed by atoms with Gasteiger partial charge in [-0.25, -0.2) is 0 Å². The summed E-state index contributed by atoms with van der Waals surface area (Å²) >= 11 is 0. The average molecular weight is 640 g/mol. The highest BCUT2D eigenvalue weighted by atomic mass is 15.2. The maximum atomic E-state index is 6.26. The number of aliphatic imine (C=N–C) groups is 1. The van der Waals surface area contributed by atoms with E-state index in [0.717, 1.165) is 29.7 Å². The number of hydrogen-bond donors (Lipinski definition) is 1. The summed E-state index contributed by atoms with van der Waals surface area (Å²) in [4.78, 5) is 6.91. The van der Waals surface area contributed by atoms with Gasteiger partial charge in [-0.15, -0.1) is 0 Å². The molecule has 4 aliphatic rings. The molecule has 0 radical (unpaired) electrons. The highest BCUT2D eigenvalue weighted by Gasteiger charge is 2.27. The van der Waals surface area contributed by atoms with Crippen LogP contribution in [0.2, 0.25) is 0 Å². The summed E-state index contributed by atoms with van der Waals surface area (Å²) in [6, 6.07) is 21.8. The number of nitrogens with two attached hydrogens (primary N) is 1. The van der Waals surface area contributed by atoms with Crippen LogP contribution in [0.3, 0.4) is 0 Å². The van der Waals surface area contributed by atoms with Crippen LogP contribution in [-0.2, 0) is 0 Å². The van der Waals surface area contributed by atoms with Gasteiger partial charge in [0.1, 0.15) is 0 Å². The van der Waals surface area contributed by atoms with E-state index in [1.807, 2.05) is 36.7 Å². The van der Waals surface area contributed by atoms with Crippen LogP contribution in [0.25, 0.3) is 22.3 Å². The predicted molar refractivity (Wildman–Crippen MR) is 211 cm³/mol. The molecule has 2 N–H and O–H groups in total. The maximum absolute atomic E-state index is 6.26. The van der Waals surface area contributed by atoms with Gasteiger partial charge in [-0.05, 0) is 127 Å². The van der Waals surface area contributed by atoms with Crippen molar-refractivity contribution < 1.29 is 0 Å². The van der Waals surface area contributed by atoms with E-state index in [1.54, 1.807) is 0 Å². The lowest BCUT2D eigenvalue weighted by Crippen LogP contribution is -2.34. The van der Waals surface area contributed by atoms with E-state index in [1.165, 1.54) is 55.7 Å². The van der Waals surface area contributed by atoms with Gasteiger partial charge in [0.25, 0.3) is 0 Å². The second-order valence-electron chi connectivity index (χ2n) is 13.3. The molecule has 0 fully saturated rings. The van der Waals surface area contributed by atoms with E-state index >= 15 is 0 Å². The Morgan fingerprint density at radius 2 is 1.63 bits per heavy atom. The average Bonchev–Trinajstić information content (AvgIpc) is 3.10. The molecule has 3 aromatic carbocycles.